The van der Waals surface area contributed by atoms with Gasteiger partial charge in [0.25, 0.3) is 0 Å². The lowest BCUT2D eigenvalue weighted by Gasteiger charge is -2.21. The number of nitrogens with one attached hydrogen (secondary N) is 2. The van der Waals surface area contributed by atoms with E-state index < -0.39 is 11.8 Å². The van der Waals surface area contributed by atoms with Crippen molar-refractivity contribution in [2.24, 2.45) is 0 Å². The second kappa shape index (κ2) is 7.33. The smallest absolute Gasteiger partial charge is 0.323 e. The number of hydrogen-bond donors (Lipinski definition) is 2. The molecule has 1 aliphatic heterocycles. The van der Waals surface area contributed by atoms with Crippen molar-refractivity contribution in [3.8, 4) is 0 Å². The summed E-state index contributed by atoms with van der Waals surface area (Å²) >= 11 is 0. The van der Waals surface area contributed by atoms with Crippen molar-refractivity contribution >= 4 is 29.2 Å². The molecule has 0 bridgehead atoms. The third kappa shape index (κ3) is 4.14. The zero-order valence-electron chi connectivity index (χ0n) is 14.3. The van der Waals surface area contributed by atoms with E-state index in [0.717, 1.165) is 25.9 Å². The summed E-state index contributed by atoms with van der Waals surface area (Å²) in [5, 5.41) is 5.31. The van der Waals surface area contributed by atoms with Gasteiger partial charge in [-0.1, -0.05) is 6.07 Å². The molecule has 25 heavy (non-hydrogen) atoms. The van der Waals surface area contributed by atoms with Crippen molar-refractivity contribution in [2.45, 2.75) is 12.8 Å². The van der Waals surface area contributed by atoms with Crippen LogP contribution in [0.4, 0.5) is 32.3 Å². The molecule has 0 aliphatic carbocycles. The van der Waals surface area contributed by atoms with E-state index in [1.807, 2.05) is 19.0 Å². The fourth-order valence-corrected chi connectivity index (χ4v) is 2.71. The average Bonchev–Trinajstić information content (AvgIpc) is 3.09. The van der Waals surface area contributed by atoms with Gasteiger partial charge in [0.2, 0.25) is 5.95 Å². The van der Waals surface area contributed by atoms with Gasteiger partial charge in [0.05, 0.1) is 6.20 Å². The molecular formula is C17H21FN6O. The Morgan fingerprint density at radius 2 is 2.00 bits per heavy atom. The van der Waals surface area contributed by atoms with Gasteiger partial charge in [0.15, 0.2) is 5.82 Å². The van der Waals surface area contributed by atoms with Crippen LogP contribution < -0.4 is 20.4 Å². The summed E-state index contributed by atoms with van der Waals surface area (Å²) in [5.41, 5.74) is 0.861. The molecule has 2 N–H and O–H groups in total. The second-order valence-corrected chi connectivity index (χ2v) is 6.09. The summed E-state index contributed by atoms with van der Waals surface area (Å²) in [5.74, 6) is 0.869. The Labute approximate surface area is 145 Å². The SMILES string of the molecule is CN(C)c1nc(N2CCCC2)ncc1NC(=O)Nc1cccc(F)c1. The van der Waals surface area contributed by atoms with Gasteiger partial charge in [-0.25, -0.2) is 14.2 Å². The van der Waals surface area contributed by atoms with Gasteiger partial charge in [0, 0.05) is 32.9 Å². The number of carbonyl (C=O) groups excluding carboxylic acids is 1. The normalized spacial score (nSPS) is 13.6. The highest BCUT2D eigenvalue weighted by molar-refractivity contribution is 6.01. The Morgan fingerprint density at radius 3 is 2.68 bits per heavy atom. The number of halogens is 1. The van der Waals surface area contributed by atoms with E-state index in [1.165, 1.54) is 18.2 Å². The van der Waals surface area contributed by atoms with Crippen molar-refractivity contribution in [1.82, 2.24) is 9.97 Å². The molecule has 2 amide bonds. The van der Waals surface area contributed by atoms with Crippen LogP contribution in [0.5, 0.6) is 0 Å². The fraction of sp³-hybridized carbons (Fsp3) is 0.353. The lowest BCUT2D eigenvalue weighted by Crippen LogP contribution is -2.25. The van der Waals surface area contributed by atoms with Gasteiger partial charge in [-0.15, -0.1) is 0 Å². The van der Waals surface area contributed by atoms with E-state index >= 15 is 0 Å². The van der Waals surface area contributed by atoms with Crippen LogP contribution in [-0.4, -0.2) is 43.2 Å². The first-order chi connectivity index (χ1) is 12.0. The summed E-state index contributed by atoms with van der Waals surface area (Å²) in [4.78, 5) is 25.1. The second-order valence-electron chi connectivity index (χ2n) is 6.09. The number of rotatable bonds is 4. The first-order valence-corrected chi connectivity index (χ1v) is 8.16. The molecule has 0 unspecified atom stereocenters. The number of hydrogen-bond acceptors (Lipinski definition) is 5. The maximum atomic E-state index is 13.2. The Morgan fingerprint density at radius 1 is 1.24 bits per heavy atom. The zero-order valence-corrected chi connectivity index (χ0v) is 14.3. The standard InChI is InChI=1S/C17H21FN6O/c1-23(2)15-14(11-19-16(22-15)24-8-3-4-9-24)21-17(25)20-13-7-5-6-12(18)10-13/h5-7,10-11H,3-4,8-9H2,1-2H3,(H2,20,21,25). The Balaban J connectivity index is 1.75. The third-order valence-electron chi connectivity index (χ3n) is 3.90. The molecule has 0 saturated carbocycles. The van der Waals surface area contributed by atoms with Crippen LogP contribution in [-0.2, 0) is 0 Å². The van der Waals surface area contributed by atoms with Crippen molar-refractivity contribution in [2.75, 3.05) is 47.6 Å². The van der Waals surface area contributed by atoms with Gasteiger partial charge in [-0.3, -0.25) is 0 Å². The summed E-state index contributed by atoms with van der Waals surface area (Å²) in [6, 6.07) is 5.23. The maximum Gasteiger partial charge on any atom is 0.323 e. The monoisotopic (exact) mass is 344 g/mol. The molecule has 132 valence electrons. The number of carbonyl (C=O) groups is 1. The van der Waals surface area contributed by atoms with Gasteiger partial charge in [0.1, 0.15) is 11.5 Å². The molecule has 0 radical (unpaired) electrons. The predicted octanol–water partition coefficient (Wildman–Crippen LogP) is 2.93. The predicted molar refractivity (Wildman–Crippen MR) is 96.8 cm³/mol. The molecule has 3 rings (SSSR count). The van der Waals surface area contributed by atoms with Crippen molar-refractivity contribution < 1.29 is 9.18 Å². The lowest BCUT2D eigenvalue weighted by molar-refractivity contribution is 0.262. The van der Waals surface area contributed by atoms with Crippen LogP contribution in [0, 0.1) is 5.82 Å². The Kier molecular flexibility index (Phi) is 4.97. The molecular weight excluding hydrogens is 323 g/mol. The number of amides is 2. The molecule has 1 saturated heterocycles. The van der Waals surface area contributed by atoms with Gasteiger partial charge >= 0.3 is 6.03 Å². The van der Waals surface area contributed by atoms with Crippen LogP contribution in [0.15, 0.2) is 30.5 Å². The minimum absolute atomic E-state index is 0.374. The van der Waals surface area contributed by atoms with Crippen LogP contribution in [0.25, 0.3) is 0 Å². The third-order valence-corrected chi connectivity index (χ3v) is 3.90. The molecule has 8 heteroatoms. The molecule has 2 heterocycles. The minimum Gasteiger partial charge on any atom is -0.361 e. The largest absolute Gasteiger partial charge is 0.361 e. The number of anilines is 4. The van der Waals surface area contributed by atoms with Gasteiger partial charge in [-0.05, 0) is 31.0 Å². The van der Waals surface area contributed by atoms with Crippen LogP contribution >= 0.6 is 0 Å². The molecule has 1 aliphatic rings. The summed E-state index contributed by atoms with van der Waals surface area (Å²) in [6.45, 7) is 1.89. The van der Waals surface area contributed by atoms with Gasteiger partial charge < -0.3 is 20.4 Å². The van der Waals surface area contributed by atoms with Crippen molar-refractivity contribution in [3.63, 3.8) is 0 Å². The van der Waals surface area contributed by atoms with Crippen molar-refractivity contribution in [3.05, 3.63) is 36.3 Å². The minimum atomic E-state index is -0.480. The highest BCUT2D eigenvalue weighted by atomic mass is 19.1. The van der Waals surface area contributed by atoms with Crippen LogP contribution in [0.3, 0.4) is 0 Å². The van der Waals surface area contributed by atoms with Crippen LogP contribution in [0.1, 0.15) is 12.8 Å². The van der Waals surface area contributed by atoms with Crippen LogP contribution in [0.2, 0.25) is 0 Å². The lowest BCUT2D eigenvalue weighted by atomic mass is 10.3. The maximum absolute atomic E-state index is 13.2. The van der Waals surface area contributed by atoms with E-state index in [4.69, 9.17) is 0 Å². The molecule has 7 nitrogen and oxygen atoms in total. The van der Waals surface area contributed by atoms with E-state index in [9.17, 15) is 9.18 Å². The number of aromatic nitrogens is 2. The summed E-state index contributed by atoms with van der Waals surface area (Å²) in [7, 11) is 3.71. The Hall–Kier alpha value is -2.90. The molecule has 1 aromatic carbocycles. The highest BCUT2D eigenvalue weighted by Gasteiger charge is 2.18. The molecule has 0 atom stereocenters. The number of benzene rings is 1. The number of urea groups is 1. The van der Waals surface area contributed by atoms with Crippen molar-refractivity contribution in [1.29, 1.82) is 0 Å². The Bertz CT molecular complexity index is 761. The number of nitrogens with zero attached hydrogens (tertiary/aromatic N) is 4. The molecule has 2 aromatic rings. The van der Waals surface area contributed by atoms with E-state index in [1.54, 1.807) is 12.3 Å². The first kappa shape index (κ1) is 16.9. The summed E-state index contributed by atoms with van der Waals surface area (Å²) < 4.78 is 13.2. The first-order valence-electron chi connectivity index (χ1n) is 8.16. The van der Waals surface area contributed by atoms with E-state index in [2.05, 4.69) is 25.5 Å². The average molecular weight is 344 g/mol. The molecule has 1 fully saturated rings. The van der Waals surface area contributed by atoms with Gasteiger partial charge in [-0.2, -0.15) is 4.98 Å². The van der Waals surface area contributed by atoms with E-state index in [-0.39, 0.29) is 0 Å². The molecule has 0 spiro atoms. The highest BCUT2D eigenvalue weighted by Crippen LogP contribution is 2.25. The van der Waals surface area contributed by atoms with E-state index in [0.29, 0.717) is 23.1 Å². The molecule has 1 aromatic heterocycles. The quantitative estimate of drug-likeness (QED) is 0.892. The fourth-order valence-electron chi connectivity index (χ4n) is 2.71. The summed E-state index contributed by atoms with van der Waals surface area (Å²) in [6.07, 6.45) is 3.87. The zero-order chi connectivity index (χ0) is 17.8. The topological polar surface area (TPSA) is 73.4 Å².